The Hall–Kier alpha value is -1.35. The van der Waals surface area contributed by atoms with Crippen LogP contribution in [0.25, 0.3) is 0 Å². The van der Waals surface area contributed by atoms with Gasteiger partial charge in [0.25, 0.3) is 0 Å². The molecule has 0 aromatic heterocycles. The molecule has 1 aliphatic rings. The van der Waals surface area contributed by atoms with E-state index in [2.05, 4.69) is 0 Å². The average Bonchev–Trinajstić information content (AvgIpc) is 2.38. The second kappa shape index (κ2) is 7.44. The van der Waals surface area contributed by atoms with Gasteiger partial charge in [-0.2, -0.15) is 4.31 Å². The van der Waals surface area contributed by atoms with Crippen LogP contribution in [-0.2, 0) is 19.6 Å². The molecular weight excluding hydrogens is 288 g/mol. The zero-order valence-corrected chi connectivity index (χ0v) is 12.3. The maximum atomic E-state index is 12.0. The molecular formula is C11H20N2O6S. The molecule has 0 bridgehead atoms. The van der Waals surface area contributed by atoms with Crippen molar-refractivity contribution in [1.82, 2.24) is 9.21 Å². The van der Waals surface area contributed by atoms with Gasteiger partial charge in [0.15, 0.2) is 0 Å². The summed E-state index contributed by atoms with van der Waals surface area (Å²) in [7, 11) is -3.45. The van der Waals surface area contributed by atoms with Crippen molar-refractivity contribution >= 4 is 22.1 Å². The molecule has 9 heteroatoms. The van der Waals surface area contributed by atoms with Gasteiger partial charge < -0.3 is 14.7 Å². The van der Waals surface area contributed by atoms with Crippen molar-refractivity contribution < 1.29 is 27.9 Å². The number of hydrogen-bond donors (Lipinski definition) is 1. The number of sulfonamides is 1. The lowest BCUT2D eigenvalue weighted by molar-refractivity contribution is -0.137. The molecule has 0 aliphatic carbocycles. The number of hydrogen-bond acceptors (Lipinski definition) is 5. The van der Waals surface area contributed by atoms with E-state index in [4.69, 9.17) is 9.84 Å². The lowest BCUT2D eigenvalue weighted by atomic mass is 10.3. The molecule has 1 amide bonds. The van der Waals surface area contributed by atoms with E-state index >= 15 is 0 Å². The van der Waals surface area contributed by atoms with Gasteiger partial charge in [0.2, 0.25) is 10.0 Å². The lowest BCUT2D eigenvalue weighted by Gasteiger charge is -2.33. The van der Waals surface area contributed by atoms with Crippen LogP contribution in [0, 0.1) is 0 Å². The maximum absolute atomic E-state index is 12.0. The SMILES string of the molecule is CCOC(=O)N1CCN(S(=O)(=O)CCCC(=O)O)CC1. The summed E-state index contributed by atoms with van der Waals surface area (Å²) >= 11 is 0. The van der Waals surface area contributed by atoms with E-state index < -0.39 is 22.1 Å². The van der Waals surface area contributed by atoms with Crippen molar-refractivity contribution in [3.05, 3.63) is 0 Å². The molecule has 0 saturated carbocycles. The number of ether oxygens (including phenoxy) is 1. The Morgan fingerprint density at radius 3 is 2.30 bits per heavy atom. The Labute approximate surface area is 118 Å². The van der Waals surface area contributed by atoms with E-state index in [9.17, 15) is 18.0 Å². The molecule has 1 saturated heterocycles. The minimum absolute atomic E-state index is 0.0930. The Morgan fingerprint density at radius 2 is 1.80 bits per heavy atom. The number of nitrogens with zero attached hydrogens (tertiary/aromatic N) is 2. The van der Waals surface area contributed by atoms with Gasteiger partial charge in [-0.25, -0.2) is 13.2 Å². The number of carboxylic acid groups (broad SMARTS) is 1. The fraction of sp³-hybridized carbons (Fsp3) is 0.818. The summed E-state index contributed by atoms with van der Waals surface area (Å²) in [6, 6.07) is 0. The molecule has 0 atom stereocenters. The summed E-state index contributed by atoms with van der Waals surface area (Å²) < 4.78 is 30.1. The minimum atomic E-state index is -3.45. The fourth-order valence-electron chi connectivity index (χ4n) is 1.90. The van der Waals surface area contributed by atoms with E-state index in [1.54, 1.807) is 6.92 Å². The Bertz CT molecular complexity index is 442. The monoisotopic (exact) mass is 308 g/mol. The van der Waals surface area contributed by atoms with Crippen molar-refractivity contribution in [3.8, 4) is 0 Å². The Morgan fingerprint density at radius 1 is 1.20 bits per heavy atom. The number of carboxylic acids is 1. The Balaban J connectivity index is 2.43. The third-order valence-electron chi connectivity index (χ3n) is 2.95. The van der Waals surface area contributed by atoms with Crippen LogP contribution in [0.4, 0.5) is 4.79 Å². The molecule has 0 aromatic carbocycles. The van der Waals surface area contributed by atoms with Crippen LogP contribution >= 0.6 is 0 Å². The van der Waals surface area contributed by atoms with Crippen LogP contribution in [0.2, 0.25) is 0 Å². The maximum Gasteiger partial charge on any atom is 0.409 e. The molecule has 0 radical (unpaired) electrons. The highest BCUT2D eigenvalue weighted by Gasteiger charge is 2.29. The molecule has 0 unspecified atom stereocenters. The Kier molecular flexibility index (Phi) is 6.21. The van der Waals surface area contributed by atoms with Gasteiger partial charge in [-0.1, -0.05) is 0 Å². The van der Waals surface area contributed by atoms with Gasteiger partial charge >= 0.3 is 12.1 Å². The average molecular weight is 308 g/mol. The summed E-state index contributed by atoms with van der Waals surface area (Å²) in [6.45, 7) is 3.00. The molecule has 20 heavy (non-hydrogen) atoms. The van der Waals surface area contributed by atoms with Crippen molar-refractivity contribution in [2.75, 3.05) is 38.5 Å². The number of carbonyl (C=O) groups excluding carboxylic acids is 1. The molecule has 0 spiro atoms. The van der Waals surface area contributed by atoms with Gasteiger partial charge in [-0.15, -0.1) is 0 Å². The summed E-state index contributed by atoms with van der Waals surface area (Å²) in [5.74, 6) is -1.19. The quantitative estimate of drug-likeness (QED) is 0.738. The topological polar surface area (TPSA) is 104 Å². The van der Waals surface area contributed by atoms with Crippen LogP contribution in [0.1, 0.15) is 19.8 Å². The van der Waals surface area contributed by atoms with Crippen LogP contribution in [0.5, 0.6) is 0 Å². The third-order valence-corrected chi connectivity index (χ3v) is 4.91. The first-order valence-electron chi connectivity index (χ1n) is 6.48. The predicted octanol–water partition coefficient (Wildman–Crippen LogP) is -0.0449. The van der Waals surface area contributed by atoms with Crippen molar-refractivity contribution in [2.24, 2.45) is 0 Å². The standard InChI is InChI=1S/C11H20N2O6S/c1-2-19-11(16)12-5-7-13(8-6-12)20(17,18)9-3-4-10(14)15/h2-9H2,1H3,(H,14,15). The highest BCUT2D eigenvalue weighted by Crippen LogP contribution is 2.10. The summed E-state index contributed by atoms with van der Waals surface area (Å²) in [5.41, 5.74) is 0. The number of aliphatic carboxylic acids is 1. The molecule has 8 nitrogen and oxygen atoms in total. The molecule has 1 heterocycles. The van der Waals surface area contributed by atoms with Gasteiger partial charge in [0.05, 0.1) is 12.4 Å². The molecule has 116 valence electrons. The first-order valence-corrected chi connectivity index (χ1v) is 8.09. The van der Waals surface area contributed by atoms with Crippen molar-refractivity contribution in [3.63, 3.8) is 0 Å². The molecule has 0 aromatic rings. The second-order valence-electron chi connectivity index (χ2n) is 4.40. The molecule has 1 aliphatic heterocycles. The summed E-state index contributed by atoms with van der Waals surface area (Å²) in [6.07, 6.45) is -0.506. The smallest absolute Gasteiger partial charge is 0.409 e. The minimum Gasteiger partial charge on any atom is -0.481 e. The first kappa shape index (κ1) is 16.7. The van der Waals surface area contributed by atoms with Crippen molar-refractivity contribution in [2.45, 2.75) is 19.8 Å². The number of rotatable bonds is 6. The molecule has 1 fully saturated rings. The van der Waals surface area contributed by atoms with Crippen LogP contribution in [0.15, 0.2) is 0 Å². The van der Waals surface area contributed by atoms with E-state index in [0.29, 0.717) is 0 Å². The van der Waals surface area contributed by atoms with Gasteiger partial charge in [-0.05, 0) is 13.3 Å². The van der Waals surface area contributed by atoms with Crippen LogP contribution in [0.3, 0.4) is 0 Å². The summed E-state index contributed by atoms with van der Waals surface area (Å²) in [5, 5.41) is 8.50. The highest BCUT2D eigenvalue weighted by molar-refractivity contribution is 7.89. The molecule has 1 N–H and O–H groups in total. The van der Waals surface area contributed by atoms with E-state index in [-0.39, 0.29) is 51.4 Å². The largest absolute Gasteiger partial charge is 0.481 e. The van der Waals surface area contributed by atoms with E-state index in [1.165, 1.54) is 9.21 Å². The molecule has 1 rings (SSSR count). The summed E-state index contributed by atoms with van der Waals surface area (Å²) in [4.78, 5) is 23.3. The number of piperazine rings is 1. The predicted molar refractivity (Wildman–Crippen MR) is 70.8 cm³/mol. The first-order chi connectivity index (χ1) is 9.36. The van der Waals surface area contributed by atoms with Crippen molar-refractivity contribution in [1.29, 1.82) is 0 Å². The number of amides is 1. The number of carbonyl (C=O) groups is 2. The van der Waals surface area contributed by atoms with Gasteiger partial charge in [-0.3, -0.25) is 4.79 Å². The third kappa shape index (κ3) is 4.97. The fourth-order valence-corrected chi connectivity index (χ4v) is 3.39. The lowest BCUT2D eigenvalue weighted by Crippen LogP contribution is -2.51. The zero-order chi connectivity index (χ0) is 15.2. The zero-order valence-electron chi connectivity index (χ0n) is 11.4. The van der Waals surface area contributed by atoms with E-state index in [1.807, 2.05) is 0 Å². The van der Waals surface area contributed by atoms with Crippen LogP contribution < -0.4 is 0 Å². The normalized spacial score (nSPS) is 16.9. The van der Waals surface area contributed by atoms with Gasteiger partial charge in [0, 0.05) is 32.6 Å². The second-order valence-corrected chi connectivity index (χ2v) is 6.49. The highest BCUT2D eigenvalue weighted by atomic mass is 32.2. The van der Waals surface area contributed by atoms with E-state index in [0.717, 1.165) is 0 Å². The van der Waals surface area contributed by atoms with Crippen LogP contribution in [-0.4, -0.2) is 73.3 Å². The van der Waals surface area contributed by atoms with Gasteiger partial charge in [0.1, 0.15) is 0 Å².